The van der Waals surface area contributed by atoms with Crippen LogP contribution in [0, 0.1) is 5.92 Å². The number of benzene rings is 2. The number of carbonyl (C=O) groups excluding carboxylic acids is 1. The van der Waals surface area contributed by atoms with Crippen molar-refractivity contribution in [1.29, 1.82) is 0 Å². The molecule has 1 unspecified atom stereocenters. The normalized spacial score (nSPS) is 16.3. The molecule has 1 fully saturated rings. The van der Waals surface area contributed by atoms with E-state index in [1.807, 2.05) is 66.4 Å². The number of nitrogens with two attached hydrogens (primary N) is 1. The van der Waals surface area contributed by atoms with Crippen molar-refractivity contribution in [2.24, 2.45) is 11.7 Å². The molecule has 2 N–H and O–H groups in total. The summed E-state index contributed by atoms with van der Waals surface area (Å²) in [7, 11) is 0. The Bertz CT molecular complexity index is 941. The molecule has 1 amide bonds. The number of carbonyl (C=O) groups is 1. The van der Waals surface area contributed by atoms with Crippen LogP contribution in [0.1, 0.15) is 35.9 Å². The number of piperidine rings is 1. The molecule has 2 aromatic carbocycles. The second-order valence-electron chi connectivity index (χ2n) is 7.50. The van der Waals surface area contributed by atoms with E-state index in [9.17, 15) is 4.79 Å². The number of para-hydroxylation sites is 2. The lowest BCUT2D eigenvalue weighted by Gasteiger charge is -2.33. The van der Waals surface area contributed by atoms with Crippen LogP contribution in [0.15, 0.2) is 59.0 Å². The second-order valence-corrected chi connectivity index (χ2v) is 7.50. The average molecular weight is 378 g/mol. The van der Waals surface area contributed by atoms with Gasteiger partial charge in [0.05, 0.1) is 0 Å². The van der Waals surface area contributed by atoms with Crippen molar-refractivity contribution in [2.45, 2.75) is 32.4 Å². The van der Waals surface area contributed by atoms with E-state index in [-0.39, 0.29) is 11.9 Å². The molecule has 2 heterocycles. The third-order valence-corrected chi connectivity index (χ3v) is 5.59. The van der Waals surface area contributed by atoms with E-state index in [0.717, 1.165) is 29.5 Å². The molecule has 1 aliphatic rings. The number of hydrogen-bond donors (Lipinski definition) is 1. The number of fused-ring (bicyclic) bond motifs is 1. The largest absolute Gasteiger partial charge is 0.489 e. The Balaban J connectivity index is 1.58. The van der Waals surface area contributed by atoms with Crippen LogP contribution in [-0.4, -0.2) is 29.9 Å². The molecule has 28 heavy (non-hydrogen) atoms. The topological polar surface area (TPSA) is 68.7 Å². The fourth-order valence-corrected chi connectivity index (χ4v) is 3.86. The summed E-state index contributed by atoms with van der Waals surface area (Å²) in [5.74, 6) is 1.56. The molecule has 5 nitrogen and oxygen atoms in total. The molecule has 1 aliphatic heterocycles. The minimum absolute atomic E-state index is 0.0639. The van der Waals surface area contributed by atoms with Gasteiger partial charge in [0.25, 0.3) is 5.91 Å². The highest BCUT2D eigenvalue weighted by Gasteiger charge is 2.29. The summed E-state index contributed by atoms with van der Waals surface area (Å²) in [6, 6.07) is 17.5. The molecule has 0 radical (unpaired) electrons. The van der Waals surface area contributed by atoms with E-state index < -0.39 is 0 Å². The van der Waals surface area contributed by atoms with E-state index in [2.05, 4.69) is 0 Å². The highest BCUT2D eigenvalue weighted by atomic mass is 16.5. The number of furan rings is 1. The molecule has 1 aromatic heterocycles. The van der Waals surface area contributed by atoms with E-state index in [1.54, 1.807) is 0 Å². The standard InChI is InChI=1S/C23H26N2O3/c1-16(24)17-11-13-25(14-12-17)23(26)22-20(15-27-18-7-3-2-4-8-18)19-9-5-6-10-21(19)28-22/h2-10,16-17H,11-15,24H2,1H3. The molecule has 1 saturated heterocycles. The zero-order chi connectivity index (χ0) is 19.5. The molecule has 0 aliphatic carbocycles. The van der Waals surface area contributed by atoms with Crippen LogP contribution in [0.4, 0.5) is 0 Å². The zero-order valence-corrected chi connectivity index (χ0v) is 16.1. The lowest BCUT2D eigenvalue weighted by atomic mass is 9.91. The monoisotopic (exact) mass is 378 g/mol. The van der Waals surface area contributed by atoms with E-state index in [4.69, 9.17) is 14.9 Å². The Morgan fingerprint density at radius 2 is 1.82 bits per heavy atom. The van der Waals surface area contributed by atoms with Crippen LogP contribution < -0.4 is 10.5 Å². The third kappa shape index (κ3) is 3.76. The quantitative estimate of drug-likeness (QED) is 0.722. The van der Waals surface area contributed by atoms with Crippen LogP contribution >= 0.6 is 0 Å². The van der Waals surface area contributed by atoms with Crippen molar-refractivity contribution in [3.05, 3.63) is 65.9 Å². The predicted octanol–water partition coefficient (Wildman–Crippen LogP) is 4.21. The molecular weight excluding hydrogens is 352 g/mol. The molecule has 146 valence electrons. The SMILES string of the molecule is CC(N)C1CCN(C(=O)c2oc3ccccc3c2COc2ccccc2)CC1. The first-order valence-corrected chi connectivity index (χ1v) is 9.86. The third-order valence-electron chi connectivity index (χ3n) is 5.59. The number of rotatable bonds is 5. The fraction of sp³-hybridized carbons (Fsp3) is 0.348. The number of amides is 1. The lowest BCUT2D eigenvalue weighted by molar-refractivity contribution is 0.0648. The molecule has 0 bridgehead atoms. The lowest BCUT2D eigenvalue weighted by Crippen LogP contribution is -2.42. The summed E-state index contributed by atoms with van der Waals surface area (Å²) in [4.78, 5) is 15.1. The van der Waals surface area contributed by atoms with Crippen LogP contribution in [-0.2, 0) is 6.61 Å². The zero-order valence-electron chi connectivity index (χ0n) is 16.1. The van der Waals surface area contributed by atoms with E-state index in [0.29, 0.717) is 37.0 Å². The molecule has 5 heteroatoms. The predicted molar refractivity (Wildman–Crippen MR) is 109 cm³/mol. The summed E-state index contributed by atoms with van der Waals surface area (Å²) in [6.45, 7) is 3.75. The molecule has 0 saturated carbocycles. The van der Waals surface area contributed by atoms with Gasteiger partial charge in [-0.25, -0.2) is 0 Å². The van der Waals surface area contributed by atoms with Crippen molar-refractivity contribution in [3.63, 3.8) is 0 Å². The van der Waals surface area contributed by atoms with Gasteiger partial charge in [0.2, 0.25) is 0 Å². The van der Waals surface area contributed by atoms with Crippen LogP contribution in [0.25, 0.3) is 11.0 Å². The van der Waals surface area contributed by atoms with Gasteiger partial charge in [0.15, 0.2) is 5.76 Å². The number of nitrogens with zero attached hydrogens (tertiary/aromatic N) is 1. The van der Waals surface area contributed by atoms with Gasteiger partial charge in [-0.05, 0) is 43.9 Å². The number of ether oxygens (including phenoxy) is 1. The summed E-state index contributed by atoms with van der Waals surface area (Å²) < 4.78 is 11.9. The Morgan fingerprint density at radius 1 is 1.14 bits per heavy atom. The smallest absolute Gasteiger partial charge is 0.290 e. The second kappa shape index (κ2) is 8.07. The van der Waals surface area contributed by atoms with Gasteiger partial charge in [0, 0.05) is 30.1 Å². The van der Waals surface area contributed by atoms with Gasteiger partial charge in [-0.2, -0.15) is 0 Å². The van der Waals surface area contributed by atoms with E-state index >= 15 is 0 Å². The maximum atomic E-state index is 13.2. The van der Waals surface area contributed by atoms with Crippen molar-refractivity contribution in [1.82, 2.24) is 4.90 Å². The van der Waals surface area contributed by atoms with Gasteiger partial charge in [-0.3, -0.25) is 4.79 Å². The first kappa shape index (κ1) is 18.6. The number of hydrogen-bond acceptors (Lipinski definition) is 4. The summed E-state index contributed by atoms with van der Waals surface area (Å²) >= 11 is 0. The van der Waals surface area contributed by atoms with Crippen molar-refractivity contribution >= 4 is 16.9 Å². The minimum atomic E-state index is -0.0639. The van der Waals surface area contributed by atoms with Crippen LogP contribution in [0.3, 0.4) is 0 Å². The highest BCUT2D eigenvalue weighted by molar-refractivity contribution is 5.99. The van der Waals surface area contributed by atoms with Crippen LogP contribution in [0.5, 0.6) is 5.75 Å². The first-order valence-electron chi connectivity index (χ1n) is 9.86. The highest BCUT2D eigenvalue weighted by Crippen LogP contribution is 2.30. The minimum Gasteiger partial charge on any atom is -0.489 e. The van der Waals surface area contributed by atoms with Gasteiger partial charge in [0.1, 0.15) is 17.9 Å². The summed E-state index contributed by atoms with van der Waals surface area (Å²) in [6.07, 6.45) is 1.86. The van der Waals surface area contributed by atoms with Gasteiger partial charge < -0.3 is 19.8 Å². The van der Waals surface area contributed by atoms with Crippen molar-refractivity contribution < 1.29 is 13.9 Å². The van der Waals surface area contributed by atoms with Crippen molar-refractivity contribution in [2.75, 3.05) is 13.1 Å². The summed E-state index contributed by atoms with van der Waals surface area (Å²) in [5.41, 5.74) is 7.55. The van der Waals surface area contributed by atoms with Gasteiger partial charge in [-0.1, -0.05) is 36.4 Å². The fourth-order valence-electron chi connectivity index (χ4n) is 3.86. The van der Waals surface area contributed by atoms with Crippen molar-refractivity contribution in [3.8, 4) is 5.75 Å². The maximum Gasteiger partial charge on any atom is 0.290 e. The van der Waals surface area contributed by atoms with Gasteiger partial charge >= 0.3 is 0 Å². The molecule has 4 rings (SSSR count). The molecule has 1 atom stereocenters. The maximum absolute atomic E-state index is 13.2. The summed E-state index contributed by atoms with van der Waals surface area (Å²) in [5, 5.41) is 0.923. The Hall–Kier alpha value is -2.79. The van der Waals surface area contributed by atoms with Crippen LogP contribution in [0.2, 0.25) is 0 Å². The van der Waals surface area contributed by atoms with E-state index in [1.165, 1.54) is 0 Å². The number of likely N-dealkylation sites (tertiary alicyclic amines) is 1. The Kier molecular flexibility index (Phi) is 5.35. The Labute approximate surface area is 165 Å². The van der Waals surface area contributed by atoms with Gasteiger partial charge in [-0.15, -0.1) is 0 Å². The molecular formula is C23H26N2O3. The Morgan fingerprint density at radius 3 is 2.54 bits per heavy atom. The first-order chi connectivity index (χ1) is 13.6. The molecule has 3 aromatic rings. The average Bonchev–Trinajstić information content (AvgIpc) is 3.11. The molecule has 0 spiro atoms.